The van der Waals surface area contributed by atoms with Crippen LogP contribution in [0.25, 0.3) is 11.0 Å². The highest BCUT2D eigenvalue weighted by Crippen LogP contribution is 2.17. The standard InChI is InChI=1S/C13H18N4O2S/c1-2-17-12-3-4-14-8-11(12)16-13(17)7-10-9-20(18,19)6-5-15-10/h3-4,8,10,15H,2,5-7,9H2,1H3. The highest BCUT2D eigenvalue weighted by molar-refractivity contribution is 7.91. The summed E-state index contributed by atoms with van der Waals surface area (Å²) in [5.41, 5.74) is 1.92. The maximum atomic E-state index is 11.7. The summed E-state index contributed by atoms with van der Waals surface area (Å²) < 4.78 is 25.5. The summed E-state index contributed by atoms with van der Waals surface area (Å²) in [7, 11) is -2.91. The molecular weight excluding hydrogens is 276 g/mol. The van der Waals surface area contributed by atoms with E-state index >= 15 is 0 Å². The fraction of sp³-hybridized carbons (Fsp3) is 0.538. The van der Waals surface area contributed by atoms with Gasteiger partial charge in [-0.25, -0.2) is 13.4 Å². The van der Waals surface area contributed by atoms with Gasteiger partial charge in [-0.3, -0.25) is 4.98 Å². The van der Waals surface area contributed by atoms with Crippen molar-refractivity contribution < 1.29 is 8.42 Å². The number of rotatable bonds is 3. The van der Waals surface area contributed by atoms with Crippen LogP contribution in [0.1, 0.15) is 12.7 Å². The molecule has 0 spiro atoms. The van der Waals surface area contributed by atoms with Gasteiger partial charge in [0.2, 0.25) is 0 Å². The fourth-order valence-electron chi connectivity index (χ4n) is 2.76. The highest BCUT2D eigenvalue weighted by Gasteiger charge is 2.25. The van der Waals surface area contributed by atoms with Crippen molar-refractivity contribution >= 4 is 20.9 Å². The van der Waals surface area contributed by atoms with E-state index in [2.05, 4.69) is 26.8 Å². The first-order valence-corrected chi connectivity index (χ1v) is 8.64. The molecule has 6 nitrogen and oxygen atoms in total. The number of pyridine rings is 1. The van der Waals surface area contributed by atoms with Crippen molar-refractivity contribution in [2.45, 2.75) is 25.9 Å². The summed E-state index contributed by atoms with van der Waals surface area (Å²) in [6.45, 7) is 3.41. The quantitative estimate of drug-likeness (QED) is 0.885. The lowest BCUT2D eigenvalue weighted by molar-refractivity contribution is 0.502. The molecule has 1 atom stereocenters. The van der Waals surface area contributed by atoms with E-state index in [1.807, 2.05) is 6.07 Å². The van der Waals surface area contributed by atoms with Gasteiger partial charge in [0, 0.05) is 31.7 Å². The second kappa shape index (κ2) is 5.14. The molecule has 20 heavy (non-hydrogen) atoms. The van der Waals surface area contributed by atoms with E-state index < -0.39 is 9.84 Å². The predicted molar refractivity (Wildman–Crippen MR) is 77.4 cm³/mol. The van der Waals surface area contributed by atoms with Crippen molar-refractivity contribution in [1.29, 1.82) is 0 Å². The van der Waals surface area contributed by atoms with E-state index in [1.54, 1.807) is 12.4 Å². The Balaban J connectivity index is 1.90. The smallest absolute Gasteiger partial charge is 0.153 e. The summed E-state index contributed by atoms with van der Waals surface area (Å²) in [5, 5.41) is 3.27. The Hall–Kier alpha value is -1.47. The Morgan fingerprint density at radius 3 is 3.10 bits per heavy atom. The number of imidazole rings is 1. The summed E-state index contributed by atoms with van der Waals surface area (Å²) >= 11 is 0. The second-order valence-electron chi connectivity index (χ2n) is 5.11. The van der Waals surface area contributed by atoms with Crippen molar-refractivity contribution in [2.24, 2.45) is 0 Å². The van der Waals surface area contributed by atoms with Crippen LogP contribution in [-0.2, 0) is 22.8 Å². The number of aryl methyl sites for hydroxylation is 1. The predicted octanol–water partition coefficient (Wildman–Crippen LogP) is 0.380. The molecule has 3 rings (SSSR count). The monoisotopic (exact) mass is 294 g/mol. The highest BCUT2D eigenvalue weighted by atomic mass is 32.2. The second-order valence-corrected chi connectivity index (χ2v) is 7.33. The first-order chi connectivity index (χ1) is 9.59. The summed E-state index contributed by atoms with van der Waals surface area (Å²) in [4.78, 5) is 8.68. The summed E-state index contributed by atoms with van der Waals surface area (Å²) in [6.07, 6.45) is 4.13. The van der Waals surface area contributed by atoms with Gasteiger partial charge in [0.1, 0.15) is 11.3 Å². The van der Waals surface area contributed by atoms with Gasteiger partial charge in [-0.1, -0.05) is 0 Å². The minimum atomic E-state index is -2.91. The maximum Gasteiger partial charge on any atom is 0.153 e. The molecule has 1 aliphatic rings. The van der Waals surface area contributed by atoms with Crippen LogP contribution in [0.3, 0.4) is 0 Å². The lowest BCUT2D eigenvalue weighted by Gasteiger charge is -2.23. The average Bonchev–Trinajstić information content (AvgIpc) is 2.74. The molecule has 0 amide bonds. The molecule has 3 heterocycles. The van der Waals surface area contributed by atoms with Crippen molar-refractivity contribution in [3.63, 3.8) is 0 Å². The Morgan fingerprint density at radius 1 is 1.50 bits per heavy atom. The third kappa shape index (κ3) is 2.55. The third-order valence-electron chi connectivity index (χ3n) is 3.68. The van der Waals surface area contributed by atoms with E-state index in [0.717, 1.165) is 23.4 Å². The van der Waals surface area contributed by atoms with Crippen LogP contribution >= 0.6 is 0 Å². The van der Waals surface area contributed by atoms with E-state index in [0.29, 0.717) is 13.0 Å². The zero-order valence-corrected chi connectivity index (χ0v) is 12.2. The normalized spacial score (nSPS) is 22.1. The van der Waals surface area contributed by atoms with Crippen LogP contribution in [0.4, 0.5) is 0 Å². The number of nitrogens with one attached hydrogen (secondary N) is 1. The van der Waals surface area contributed by atoms with Gasteiger partial charge >= 0.3 is 0 Å². The molecule has 0 radical (unpaired) electrons. The molecule has 2 aromatic heterocycles. The minimum absolute atomic E-state index is 0.0520. The molecule has 0 bridgehead atoms. The molecule has 0 aromatic carbocycles. The molecule has 2 aromatic rings. The molecule has 1 saturated heterocycles. The number of fused-ring (bicyclic) bond motifs is 1. The lowest BCUT2D eigenvalue weighted by Crippen LogP contribution is -2.46. The first kappa shape index (κ1) is 13.5. The Labute approximate surface area is 118 Å². The van der Waals surface area contributed by atoms with Crippen molar-refractivity contribution in [1.82, 2.24) is 19.9 Å². The summed E-state index contributed by atoms with van der Waals surface area (Å²) in [6, 6.07) is 1.89. The summed E-state index contributed by atoms with van der Waals surface area (Å²) in [5.74, 6) is 1.35. The molecular formula is C13H18N4O2S. The molecule has 0 aliphatic carbocycles. The van der Waals surface area contributed by atoms with Crippen LogP contribution in [-0.4, -0.2) is 47.0 Å². The molecule has 1 fully saturated rings. The maximum absolute atomic E-state index is 11.7. The third-order valence-corrected chi connectivity index (χ3v) is 5.41. The van der Waals surface area contributed by atoms with Crippen molar-refractivity contribution in [2.75, 3.05) is 18.1 Å². The average molecular weight is 294 g/mol. The van der Waals surface area contributed by atoms with E-state index in [-0.39, 0.29) is 17.5 Å². The Bertz CT molecular complexity index is 723. The van der Waals surface area contributed by atoms with Crippen molar-refractivity contribution in [3.05, 3.63) is 24.3 Å². The Morgan fingerprint density at radius 2 is 2.35 bits per heavy atom. The van der Waals surface area contributed by atoms with Gasteiger partial charge in [0.15, 0.2) is 9.84 Å². The molecule has 0 saturated carbocycles. The molecule has 1 N–H and O–H groups in total. The number of hydrogen-bond donors (Lipinski definition) is 1. The van der Waals surface area contributed by atoms with Crippen LogP contribution in [0.2, 0.25) is 0 Å². The lowest BCUT2D eigenvalue weighted by atomic mass is 10.2. The molecule has 7 heteroatoms. The van der Waals surface area contributed by atoms with Gasteiger partial charge in [-0.2, -0.15) is 0 Å². The van der Waals surface area contributed by atoms with E-state index in [1.165, 1.54) is 0 Å². The van der Waals surface area contributed by atoms with Gasteiger partial charge in [-0.15, -0.1) is 0 Å². The largest absolute Gasteiger partial charge is 0.328 e. The van der Waals surface area contributed by atoms with E-state index in [9.17, 15) is 8.42 Å². The number of hydrogen-bond acceptors (Lipinski definition) is 5. The number of nitrogens with zero attached hydrogens (tertiary/aromatic N) is 3. The number of aromatic nitrogens is 3. The van der Waals surface area contributed by atoms with Crippen molar-refractivity contribution in [3.8, 4) is 0 Å². The van der Waals surface area contributed by atoms with E-state index in [4.69, 9.17) is 0 Å². The molecule has 1 aliphatic heterocycles. The molecule has 108 valence electrons. The zero-order valence-electron chi connectivity index (χ0n) is 11.4. The van der Waals surface area contributed by atoms with Gasteiger partial charge in [0.25, 0.3) is 0 Å². The van der Waals surface area contributed by atoms with Crippen LogP contribution in [0.15, 0.2) is 18.5 Å². The fourth-order valence-corrected chi connectivity index (χ4v) is 4.20. The zero-order chi connectivity index (χ0) is 14.2. The number of sulfone groups is 1. The van der Waals surface area contributed by atoms with Gasteiger partial charge in [-0.05, 0) is 13.0 Å². The van der Waals surface area contributed by atoms with Crippen LogP contribution in [0.5, 0.6) is 0 Å². The van der Waals surface area contributed by atoms with Crippen LogP contribution in [0, 0.1) is 0 Å². The Kier molecular flexibility index (Phi) is 3.47. The SMILES string of the molecule is CCn1c(CC2CS(=O)(=O)CCN2)nc2cnccc21. The van der Waals surface area contributed by atoms with Gasteiger partial charge in [0.05, 0.1) is 23.2 Å². The minimum Gasteiger partial charge on any atom is -0.328 e. The van der Waals surface area contributed by atoms with Crippen LogP contribution < -0.4 is 5.32 Å². The molecule has 1 unspecified atom stereocenters. The first-order valence-electron chi connectivity index (χ1n) is 6.82. The van der Waals surface area contributed by atoms with Gasteiger partial charge < -0.3 is 9.88 Å². The topological polar surface area (TPSA) is 76.9 Å².